The molecule has 0 radical (unpaired) electrons. The van der Waals surface area contributed by atoms with Crippen molar-refractivity contribution in [1.82, 2.24) is 5.32 Å². The molecule has 0 unspecified atom stereocenters. The van der Waals surface area contributed by atoms with E-state index in [4.69, 9.17) is 11.5 Å². The highest BCUT2D eigenvalue weighted by Gasteiger charge is 1.86. The van der Waals surface area contributed by atoms with E-state index in [0.717, 1.165) is 5.57 Å². The SMILES string of the molecule is CN/C(N)=C(C)/C=C\N. The van der Waals surface area contributed by atoms with Gasteiger partial charge in [0.25, 0.3) is 0 Å². The predicted molar refractivity (Wildman–Crippen MR) is 39.3 cm³/mol. The van der Waals surface area contributed by atoms with Crippen LogP contribution in [0.2, 0.25) is 0 Å². The van der Waals surface area contributed by atoms with E-state index in [-0.39, 0.29) is 0 Å². The van der Waals surface area contributed by atoms with E-state index in [1.165, 1.54) is 6.20 Å². The third kappa shape index (κ3) is 2.64. The van der Waals surface area contributed by atoms with Crippen molar-refractivity contribution in [2.75, 3.05) is 7.05 Å². The van der Waals surface area contributed by atoms with Gasteiger partial charge in [-0.1, -0.05) is 0 Å². The van der Waals surface area contributed by atoms with Crippen LogP contribution in [0.15, 0.2) is 23.7 Å². The van der Waals surface area contributed by atoms with Gasteiger partial charge < -0.3 is 16.8 Å². The number of nitrogens with one attached hydrogen (secondary N) is 1. The average Bonchev–Trinajstić information content (AvgIpc) is 1.87. The van der Waals surface area contributed by atoms with E-state index in [2.05, 4.69) is 5.32 Å². The lowest BCUT2D eigenvalue weighted by molar-refractivity contribution is 0.944. The van der Waals surface area contributed by atoms with Crippen molar-refractivity contribution >= 4 is 0 Å². The molecule has 0 heterocycles. The Labute approximate surface area is 55.4 Å². The fourth-order valence-corrected chi connectivity index (χ4v) is 0.431. The predicted octanol–water partition coefficient (Wildman–Crippen LogP) is -0.132. The Bertz CT molecular complexity index is 135. The summed E-state index contributed by atoms with van der Waals surface area (Å²) in [5.41, 5.74) is 11.5. The quantitative estimate of drug-likeness (QED) is 0.453. The average molecular weight is 127 g/mol. The monoisotopic (exact) mass is 127 g/mol. The van der Waals surface area contributed by atoms with Crippen LogP contribution >= 0.6 is 0 Å². The molecule has 0 aromatic heterocycles. The molecule has 0 aliphatic rings. The van der Waals surface area contributed by atoms with Gasteiger partial charge in [-0.2, -0.15) is 0 Å². The van der Waals surface area contributed by atoms with Gasteiger partial charge in [-0.15, -0.1) is 0 Å². The molecule has 3 heteroatoms. The van der Waals surface area contributed by atoms with Crippen LogP contribution in [0.5, 0.6) is 0 Å². The number of allylic oxidation sites excluding steroid dienone is 2. The topological polar surface area (TPSA) is 64.1 Å². The summed E-state index contributed by atoms with van der Waals surface area (Å²) in [5.74, 6) is 0.650. The highest BCUT2D eigenvalue weighted by molar-refractivity contribution is 5.19. The van der Waals surface area contributed by atoms with Gasteiger partial charge in [0.2, 0.25) is 0 Å². The summed E-state index contributed by atoms with van der Waals surface area (Å²) in [7, 11) is 1.77. The third-order valence-electron chi connectivity index (χ3n) is 1.04. The van der Waals surface area contributed by atoms with E-state index in [1.54, 1.807) is 13.1 Å². The van der Waals surface area contributed by atoms with Crippen molar-refractivity contribution in [3.8, 4) is 0 Å². The first-order chi connectivity index (χ1) is 4.22. The van der Waals surface area contributed by atoms with E-state index in [0.29, 0.717) is 5.82 Å². The van der Waals surface area contributed by atoms with Gasteiger partial charge in [-0.3, -0.25) is 0 Å². The maximum atomic E-state index is 5.46. The lowest BCUT2D eigenvalue weighted by Gasteiger charge is -2.00. The minimum absolute atomic E-state index is 0.650. The molecule has 0 aromatic carbocycles. The Kier molecular flexibility index (Phi) is 3.35. The second-order valence-corrected chi connectivity index (χ2v) is 1.71. The summed E-state index contributed by atoms with van der Waals surface area (Å²) in [6.07, 6.45) is 3.20. The van der Waals surface area contributed by atoms with Gasteiger partial charge >= 0.3 is 0 Å². The van der Waals surface area contributed by atoms with Gasteiger partial charge in [-0.05, 0) is 24.8 Å². The number of hydrogen-bond donors (Lipinski definition) is 3. The first-order valence-electron chi connectivity index (χ1n) is 2.74. The first kappa shape index (κ1) is 7.88. The molecule has 9 heavy (non-hydrogen) atoms. The summed E-state index contributed by atoms with van der Waals surface area (Å²) in [5, 5.41) is 2.80. The van der Waals surface area contributed by atoms with Gasteiger partial charge in [0.05, 0.1) is 5.82 Å². The highest BCUT2D eigenvalue weighted by atomic mass is 15.0. The molecule has 0 aliphatic carbocycles. The fourth-order valence-electron chi connectivity index (χ4n) is 0.431. The molecule has 3 nitrogen and oxygen atoms in total. The van der Waals surface area contributed by atoms with Crippen LogP contribution in [0, 0.1) is 0 Å². The van der Waals surface area contributed by atoms with Gasteiger partial charge in [0.1, 0.15) is 0 Å². The Morgan fingerprint density at radius 2 is 2.11 bits per heavy atom. The van der Waals surface area contributed by atoms with E-state index in [1.807, 2.05) is 6.92 Å². The Balaban J connectivity index is 4.10. The van der Waals surface area contributed by atoms with Crippen molar-refractivity contribution < 1.29 is 0 Å². The molecule has 0 bridgehead atoms. The Hall–Kier alpha value is -1.12. The van der Waals surface area contributed by atoms with Crippen LogP contribution in [0.1, 0.15) is 6.92 Å². The minimum atomic E-state index is 0.650. The molecule has 5 N–H and O–H groups in total. The standard InChI is InChI=1S/C6H13N3/c1-5(3-4-7)6(8)9-2/h3-4,9H,7-8H2,1-2H3/b4-3-,6-5+. The summed E-state index contributed by atoms with van der Waals surface area (Å²) >= 11 is 0. The van der Waals surface area contributed by atoms with Crippen molar-refractivity contribution in [3.63, 3.8) is 0 Å². The van der Waals surface area contributed by atoms with E-state index >= 15 is 0 Å². The Morgan fingerprint density at radius 1 is 1.56 bits per heavy atom. The van der Waals surface area contributed by atoms with Crippen LogP contribution in [-0.2, 0) is 0 Å². The third-order valence-corrected chi connectivity index (χ3v) is 1.04. The number of rotatable bonds is 2. The molecule has 0 aromatic rings. The highest BCUT2D eigenvalue weighted by Crippen LogP contribution is 1.93. The molecule has 0 saturated carbocycles. The van der Waals surface area contributed by atoms with Crippen LogP contribution in [0.3, 0.4) is 0 Å². The van der Waals surface area contributed by atoms with Crippen LogP contribution < -0.4 is 16.8 Å². The van der Waals surface area contributed by atoms with Gasteiger partial charge in [0.15, 0.2) is 0 Å². The zero-order valence-corrected chi connectivity index (χ0v) is 5.81. The number of hydrogen-bond acceptors (Lipinski definition) is 3. The molecular weight excluding hydrogens is 114 g/mol. The molecular formula is C6H13N3. The van der Waals surface area contributed by atoms with E-state index in [9.17, 15) is 0 Å². The van der Waals surface area contributed by atoms with Crippen molar-refractivity contribution in [1.29, 1.82) is 0 Å². The fraction of sp³-hybridized carbons (Fsp3) is 0.333. The van der Waals surface area contributed by atoms with Crippen LogP contribution in [0.25, 0.3) is 0 Å². The summed E-state index contributed by atoms with van der Waals surface area (Å²) in [6, 6.07) is 0. The van der Waals surface area contributed by atoms with E-state index < -0.39 is 0 Å². The molecule has 0 rings (SSSR count). The summed E-state index contributed by atoms with van der Waals surface area (Å²) in [6.45, 7) is 1.88. The zero-order chi connectivity index (χ0) is 7.28. The Morgan fingerprint density at radius 3 is 2.44 bits per heavy atom. The first-order valence-corrected chi connectivity index (χ1v) is 2.74. The normalized spacial score (nSPS) is 13.6. The zero-order valence-electron chi connectivity index (χ0n) is 5.81. The lowest BCUT2D eigenvalue weighted by atomic mass is 10.3. The molecule has 0 fully saturated rings. The lowest BCUT2D eigenvalue weighted by Crippen LogP contribution is -2.16. The van der Waals surface area contributed by atoms with Gasteiger partial charge in [0, 0.05) is 7.05 Å². The molecule has 0 aliphatic heterocycles. The largest absolute Gasteiger partial charge is 0.405 e. The van der Waals surface area contributed by atoms with Crippen molar-refractivity contribution in [3.05, 3.63) is 23.7 Å². The molecule has 52 valence electrons. The van der Waals surface area contributed by atoms with Crippen LogP contribution in [-0.4, -0.2) is 7.05 Å². The molecule has 0 saturated heterocycles. The second kappa shape index (κ2) is 3.83. The smallest absolute Gasteiger partial charge is 0.0988 e. The summed E-state index contributed by atoms with van der Waals surface area (Å²) < 4.78 is 0. The minimum Gasteiger partial charge on any atom is -0.405 e. The molecule has 0 amide bonds. The number of nitrogens with two attached hydrogens (primary N) is 2. The van der Waals surface area contributed by atoms with Gasteiger partial charge in [-0.25, -0.2) is 0 Å². The second-order valence-electron chi connectivity index (χ2n) is 1.71. The van der Waals surface area contributed by atoms with Crippen LogP contribution in [0.4, 0.5) is 0 Å². The molecule has 0 spiro atoms. The van der Waals surface area contributed by atoms with Crippen molar-refractivity contribution in [2.24, 2.45) is 11.5 Å². The maximum Gasteiger partial charge on any atom is 0.0988 e. The summed E-state index contributed by atoms with van der Waals surface area (Å²) in [4.78, 5) is 0. The maximum absolute atomic E-state index is 5.46. The molecule has 0 atom stereocenters. The van der Waals surface area contributed by atoms with Crippen molar-refractivity contribution in [2.45, 2.75) is 6.92 Å².